The lowest BCUT2D eigenvalue weighted by molar-refractivity contribution is 0.335. The van der Waals surface area contributed by atoms with Gasteiger partial charge in [-0.15, -0.1) is 0 Å². The fourth-order valence-electron chi connectivity index (χ4n) is 2.82. The molecule has 20 heavy (non-hydrogen) atoms. The molecule has 0 saturated heterocycles. The van der Waals surface area contributed by atoms with Gasteiger partial charge in [0.05, 0.1) is 5.02 Å². The summed E-state index contributed by atoms with van der Waals surface area (Å²) in [6.07, 6.45) is 4.04. The minimum absolute atomic E-state index is 0.0996. The zero-order valence-electron chi connectivity index (χ0n) is 11.7. The number of nitrogens with zero attached hydrogens (tertiary/aromatic N) is 1. The minimum Gasteiger partial charge on any atom is -0.326 e. The Kier molecular flexibility index (Phi) is 5.07. The van der Waals surface area contributed by atoms with E-state index in [0.29, 0.717) is 13.1 Å². The summed E-state index contributed by atoms with van der Waals surface area (Å²) in [5, 5.41) is 0.263. The van der Waals surface area contributed by atoms with Gasteiger partial charge < -0.3 is 5.73 Å². The Bertz CT molecular complexity index is 569. The lowest BCUT2D eigenvalue weighted by atomic mass is 10.2. The van der Waals surface area contributed by atoms with Gasteiger partial charge in [0, 0.05) is 19.1 Å². The van der Waals surface area contributed by atoms with Crippen LogP contribution < -0.4 is 5.73 Å². The highest BCUT2D eigenvalue weighted by atomic mass is 35.5. The molecule has 1 fully saturated rings. The van der Waals surface area contributed by atoms with Gasteiger partial charge in [0.25, 0.3) is 0 Å². The number of hydrogen-bond acceptors (Lipinski definition) is 3. The van der Waals surface area contributed by atoms with Crippen molar-refractivity contribution < 1.29 is 8.42 Å². The molecular weight excluding hydrogens is 296 g/mol. The minimum atomic E-state index is -3.55. The molecule has 1 aromatic rings. The number of hydrogen-bond donors (Lipinski definition) is 1. The molecule has 1 aromatic carbocycles. The maximum atomic E-state index is 12.8. The third-order valence-corrected chi connectivity index (χ3v) is 6.37. The van der Waals surface area contributed by atoms with Crippen molar-refractivity contribution in [1.29, 1.82) is 0 Å². The van der Waals surface area contributed by atoms with Crippen LogP contribution in [0.5, 0.6) is 0 Å². The normalized spacial score (nSPS) is 17.0. The lowest BCUT2D eigenvalue weighted by Crippen LogP contribution is -2.38. The molecule has 2 N–H and O–H groups in total. The van der Waals surface area contributed by atoms with Gasteiger partial charge in [-0.05, 0) is 30.5 Å². The second-order valence-electron chi connectivity index (χ2n) is 5.12. The van der Waals surface area contributed by atoms with E-state index in [0.717, 1.165) is 31.2 Å². The number of sulfonamides is 1. The molecule has 0 spiro atoms. The Hall–Kier alpha value is -0.620. The fraction of sp³-hybridized carbons (Fsp3) is 0.571. The van der Waals surface area contributed by atoms with Gasteiger partial charge in [-0.3, -0.25) is 0 Å². The van der Waals surface area contributed by atoms with Crippen LogP contribution in [0.4, 0.5) is 0 Å². The van der Waals surface area contributed by atoms with Crippen LogP contribution in [0.3, 0.4) is 0 Å². The maximum absolute atomic E-state index is 12.8. The van der Waals surface area contributed by atoms with Crippen LogP contribution in [0.2, 0.25) is 5.02 Å². The quantitative estimate of drug-likeness (QED) is 0.908. The first-order valence-corrected chi connectivity index (χ1v) is 8.82. The topological polar surface area (TPSA) is 63.4 Å². The van der Waals surface area contributed by atoms with Crippen molar-refractivity contribution in [2.45, 2.75) is 50.1 Å². The number of rotatable bonds is 5. The van der Waals surface area contributed by atoms with Crippen molar-refractivity contribution in [3.05, 3.63) is 28.8 Å². The van der Waals surface area contributed by atoms with Crippen molar-refractivity contribution in [1.82, 2.24) is 4.31 Å². The molecule has 4 nitrogen and oxygen atoms in total. The number of halogens is 1. The average Bonchev–Trinajstić information content (AvgIpc) is 2.93. The van der Waals surface area contributed by atoms with Gasteiger partial charge >= 0.3 is 0 Å². The van der Waals surface area contributed by atoms with Crippen molar-refractivity contribution in [2.75, 3.05) is 6.54 Å². The van der Waals surface area contributed by atoms with Crippen molar-refractivity contribution in [3.63, 3.8) is 0 Å². The average molecular weight is 317 g/mol. The molecule has 6 heteroatoms. The Morgan fingerprint density at radius 1 is 1.35 bits per heavy atom. The summed E-state index contributed by atoms with van der Waals surface area (Å²) in [5.41, 5.74) is 6.36. The molecule has 0 aromatic heterocycles. The Morgan fingerprint density at radius 2 is 2.00 bits per heavy atom. The van der Waals surface area contributed by atoms with Crippen LogP contribution in [0.25, 0.3) is 0 Å². The van der Waals surface area contributed by atoms with Crippen LogP contribution in [-0.4, -0.2) is 25.3 Å². The van der Waals surface area contributed by atoms with Crippen molar-refractivity contribution >= 4 is 21.6 Å². The second-order valence-corrected chi connectivity index (χ2v) is 7.38. The molecule has 0 amide bonds. The number of nitrogens with two attached hydrogens (primary N) is 1. The van der Waals surface area contributed by atoms with E-state index in [2.05, 4.69) is 0 Å². The molecular formula is C14H21ClN2O2S. The monoisotopic (exact) mass is 316 g/mol. The summed E-state index contributed by atoms with van der Waals surface area (Å²) >= 11 is 6.10. The molecule has 0 unspecified atom stereocenters. The Morgan fingerprint density at radius 3 is 2.55 bits per heavy atom. The first-order valence-electron chi connectivity index (χ1n) is 7.01. The van der Waals surface area contributed by atoms with E-state index in [4.69, 9.17) is 17.3 Å². The maximum Gasteiger partial charge on any atom is 0.244 e. The summed E-state index contributed by atoms with van der Waals surface area (Å²) in [6.45, 7) is 2.64. The Labute approximate surface area is 126 Å². The largest absolute Gasteiger partial charge is 0.326 e. The zero-order chi connectivity index (χ0) is 14.8. The van der Waals surface area contributed by atoms with Crippen LogP contribution >= 0.6 is 11.6 Å². The zero-order valence-corrected chi connectivity index (χ0v) is 13.3. The highest BCUT2D eigenvalue weighted by Gasteiger charge is 2.33. The van der Waals surface area contributed by atoms with Crippen molar-refractivity contribution in [3.8, 4) is 0 Å². The van der Waals surface area contributed by atoms with E-state index in [1.165, 1.54) is 0 Å². The van der Waals surface area contributed by atoms with E-state index in [1.54, 1.807) is 22.5 Å². The summed E-state index contributed by atoms with van der Waals surface area (Å²) < 4.78 is 27.3. The van der Waals surface area contributed by atoms with E-state index >= 15 is 0 Å². The summed E-state index contributed by atoms with van der Waals surface area (Å²) in [6, 6.07) is 5.06. The molecule has 0 heterocycles. The van der Waals surface area contributed by atoms with Gasteiger partial charge in [0.15, 0.2) is 0 Å². The fourth-order valence-corrected chi connectivity index (χ4v) is 5.04. The van der Waals surface area contributed by atoms with Gasteiger partial charge in [-0.1, -0.05) is 37.4 Å². The first kappa shape index (κ1) is 15.8. The van der Waals surface area contributed by atoms with Crippen LogP contribution in [0.15, 0.2) is 23.1 Å². The smallest absolute Gasteiger partial charge is 0.244 e. The van der Waals surface area contributed by atoms with E-state index < -0.39 is 10.0 Å². The molecule has 1 aliphatic carbocycles. The second kappa shape index (κ2) is 6.43. The first-order chi connectivity index (χ1) is 9.50. The van der Waals surface area contributed by atoms with Gasteiger partial charge in [0.2, 0.25) is 10.0 Å². The molecule has 112 valence electrons. The summed E-state index contributed by atoms with van der Waals surface area (Å²) in [5.74, 6) is 0. The lowest BCUT2D eigenvalue weighted by Gasteiger charge is -2.27. The van der Waals surface area contributed by atoms with Crippen LogP contribution in [0, 0.1) is 0 Å². The van der Waals surface area contributed by atoms with Gasteiger partial charge in [0.1, 0.15) is 4.90 Å². The summed E-state index contributed by atoms with van der Waals surface area (Å²) in [4.78, 5) is 0.177. The van der Waals surface area contributed by atoms with Crippen molar-refractivity contribution in [2.24, 2.45) is 5.73 Å². The number of benzene rings is 1. The Balaban J connectivity index is 2.42. The molecule has 1 aliphatic rings. The molecule has 2 rings (SSSR count). The van der Waals surface area contributed by atoms with Crippen LogP contribution in [-0.2, 0) is 16.6 Å². The highest BCUT2D eigenvalue weighted by molar-refractivity contribution is 7.89. The SMILES string of the molecule is CCN(C1CCCC1)S(=O)(=O)c1cc(CN)ccc1Cl. The molecule has 0 radical (unpaired) electrons. The molecule has 0 atom stereocenters. The highest BCUT2D eigenvalue weighted by Crippen LogP contribution is 2.31. The van der Waals surface area contributed by atoms with Crippen LogP contribution in [0.1, 0.15) is 38.2 Å². The standard InChI is InChI=1S/C14H21ClN2O2S/c1-2-17(12-5-3-4-6-12)20(18,19)14-9-11(10-16)7-8-13(14)15/h7-9,12H,2-6,10,16H2,1H3. The summed E-state index contributed by atoms with van der Waals surface area (Å²) in [7, 11) is -3.55. The van der Waals surface area contributed by atoms with E-state index in [9.17, 15) is 8.42 Å². The molecule has 0 aliphatic heterocycles. The van der Waals surface area contributed by atoms with Gasteiger partial charge in [-0.25, -0.2) is 8.42 Å². The molecule has 1 saturated carbocycles. The van der Waals surface area contributed by atoms with E-state index in [-0.39, 0.29) is 16.0 Å². The predicted molar refractivity (Wildman–Crippen MR) is 81.2 cm³/mol. The predicted octanol–water partition coefficient (Wildman–Crippen LogP) is 2.75. The third kappa shape index (κ3) is 3.01. The molecule has 0 bridgehead atoms. The van der Waals surface area contributed by atoms with Gasteiger partial charge in [-0.2, -0.15) is 4.31 Å². The third-order valence-electron chi connectivity index (χ3n) is 3.86. The van der Waals surface area contributed by atoms with E-state index in [1.807, 2.05) is 6.92 Å².